The lowest BCUT2D eigenvalue weighted by molar-refractivity contribution is 0.958. The van der Waals surface area contributed by atoms with E-state index in [2.05, 4.69) is 40.3 Å². The summed E-state index contributed by atoms with van der Waals surface area (Å²) in [5, 5.41) is 4.52. The Morgan fingerprint density at radius 2 is 2.06 bits per heavy atom. The van der Waals surface area contributed by atoms with E-state index < -0.39 is 0 Å². The van der Waals surface area contributed by atoms with Gasteiger partial charge in [-0.3, -0.25) is 0 Å². The number of hydrogen-bond donors (Lipinski definition) is 1. The van der Waals surface area contributed by atoms with Gasteiger partial charge in [0.05, 0.1) is 27.1 Å². The quantitative estimate of drug-likeness (QED) is 0.719. The van der Waals surface area contributed by atoms with Crippen molar-refractivity contribution in [3.8, 4) is 5.69 Å². The Kier molecular flexibility index (Phi) is 2.46. The first-order valence-corrected chi connectivity index (χ1v) is 6.43. The third-order valence-corrected chi connectivity index (χ3v) is 3.99. The molecule has 0 fully saturated rings. The molecule has 0 unspecified atom stereocenters. The van der Waals surface area contributed by atoms with Crippen molar-refractivity contribution in [1.82, 2.24) is 4.57 Å². The zero-order valence-electron chi connectivity index (χ0n) is 8.51. The highest BCUT2D eigenvalue weighted by Gasteiger charge is 2.13. The van der Waals surface area contributed by atoms with Crippen molar-refractivity contribution < 1.29 is 0 Å². The molecular formula is C12H10N2S2. The fourth-order valence-electron chi connectivity index (χ4n) is 1.80. The van der Waals surface area contributed by atoms with Crippen molar-refractivity contribution in [3.05, 3.63) is 42.6 Å². The second kappa shape index (κ2) is 3.96. The maximum atomic E-state index is 5.29. The fraction of sp³-hybridized carbons (Fsp3) is 0.0833. The minimum atomic E-state index is 0.827. The molecule has 0 amide bonds. The second-order valence-electron chi connectivity index (χ2n) is 3.57. The molecule has 4 heteroatoms. The van der Waals surface area contributed by atoms with Gasteiger partial charge in [-0.1, -0.05) is 24.4 Å². The molecule has 0 atom stereocenters. The third kappa shape index (κ3) is 1.64. The van der Waals surface area contributed by atoms with Gasteiger partial charge in [0, 0.05) is 6.20 Å². The molecule has 2 aromatic rings. The first-order chi connectivity index (χ1) is 7.84. The number of fused-ring (bicyclic) bond motifs is 3. The molecule has 1 aliphatic heterocycles. The SMILES string of the molecule is S=C1CSc2cccn2-c2ccccc2N1. The van der Waals surface area contributed by atoms with Gasteiger partial charge in [0.25, 0.3) is 0 Å². The Balaban J connectivity index is 2.22. The van der Waals surface area contributed by atoms with Crippen LogP contribution < -0.4 is 5.32 Å². The summed E-state index contributed by atoms with van der Waals surface area (Å²) in [6.45, 7) is 0. The molecule has 80 valence electrons. The lowest BCUT2D eigenvalue weighted by Gasteiger charge is -2.18. The van der Waals surface area contributed by atoms with Crippen LogP contribution in [0.5, 0.6) is 0 Å². The highest BCUT2D eigenvalue weighted by Crippen LogP contribution is 2.30. The van der Waals surface area contributed by atoms with Crippen LogP contribution in [0.1, 0.15) is 0 Å². The van der Waals surface area contributed by atoms with E-state index in [4.69, 9.17) is 12.2 Å². The zero-order valence-corrected chi connectivity index (χ0v) is 10.1. The van der Waals surface area contributed by atoms with E-state index in [-0.39, 0.29) is 0 Å². The first kappa shape index (κ1) is 9.93. The summed E-state index contributed by atoms with van der Waals surface area (Å²) in [5.74, 6) is 0.827. The molecule has 0 aliphatic carbocycles. The molecule has 2 nitrogen and oxygen atoms in total. The van der Waals surface area contributed by atoms with Crippen LogP contribution >= 0.6 is 24.0 Å². The van der Waals surface area contributed by atoms with Crippen LogP contribution in [0, 0.1) is 0 Å². The maximum Gasteiger partial charge on any atom is 0.0902 e. The number of para-hydroxylation sites is 2. The van der Waals surface area contributed by atoms with Crippen molar-refractivity contribution in [2.24, 2.45) is 0 Å². The standard InChI is InChI=1S/C12H10N2S2/c15-11-8-16-12-6-3-7-14(12)10-5-2-1-4-9(10)13-11/h1-7H,8H2,(H,13,15). The van der Waals surface area contributed by atoms with Crippen LogP contribution in [0.4, 0.5) is 5.69 Å². The molecule has 0 saturated heterocycles. The van der Waals surface area contributed by atoms with Gasteiger partial charge in [0.15, 0.2) is 0 Å². The average Bonchev–Trinajstić information content (AvgIpc) is 2.73. The first-order valence-electron chi connectivity index (χ1n) is 5.04. The van der Waals surface area contributed by atoms with Crippen LogP contribution in [0.2, 0.25) is 0 Å². The Bertz CT molecular complexity index is 545. The Morgan fingerprint density at radius 1 is 1.19 bits per heavy atom. The molecule has 1 N–H and O–H groups in total. The number of benzene rings is 1. The van der Waals surface area contributed by atoms with Gasteiger partial charge in [-0.05, 0) is 24.3 Å². The van der Waals surface area contributed by atoms with E-state index in [1.807, 2.05) is 12.1 Å². The lowest BCUT2D eigenvalue weighted by atomic mass is 10.2. The molecule has 3 rings (SSSR count). The number of anilines is 1. The highest BCUT2D eigenvalue weighted by atomic mass is 32.2. The molecule has 1 aromatic heterocycles. The third-order valence-electron chi connectivity index (χ3n) is 2.50. The van der Waals surface area contributed by atoms with Crippen LogP contribution in [0.3, 0.4) is 0 Å². The molecule has 1 aliphatic rings. The Hall–Kier alpha value is -1.26. The maximum absolute atomic E-state index is 5.29. The largest absolute Gasteiger partial charge is 0.348 e. The van der Waals surface area contributed by atoms with Gasteiger partial charge >= 0.3 is 0 Å². The monoisotopic (exact) mass is 246 g/mol. The van der Waals surface area contributed by atoms with Gasteiger partial charge < -0.3 is 9.88 Å². The van der Waals surface area contributed by atoms with Crippen molar-refractivity contribution in [2.45, 2.75) is 5.03 Å². The zero-order chi connectivity index (χ0) is 11.0. The van der Waals surface area contributed by atoms with E-state index in [9.17, 15) is 0 Å². The molecule has 0 saturated carbocycles. The summed E-state index contributed by atoms with van der Waals surface area (Å²) in [6, 6.07) is 12.4. The number of hydrogen-bond acceptors (Lipinski definition) is 2. The van der Waals surface area contributed by atoms with Gasteiger partial charge in [0.2, 0.25) is 0 Å². The highest BCUT2D eigenvalue weighted by molar-refractivity contribution is 8.01. The Morgan fingerprint density at radius 3 is 3.00 bits per heavy atom. The molecule has 16 heavy (non-hydrogen) atoms. The van der Waals surface area contributed by atoms with Gasteiger partial charge in [-0.2, -0.15) is 0 Å². The van der Waals surface area contributed by atoms with E-state index in [0.717, 1.165) is 22.1 Å². The number of nitrogens with one attached hydrogen (secondary N) is 1. The van der Waals surface area contributed by atoms with Gasteiger partial charge in [0.1, 0.15) is 0 Å². The Labute approximate surface area is 104 Å². The molecule has 0 radical (unpaired) electrons. The molecule has 0 spiro atoms. The number of thiocarbonyl (C=S) groups is 1. The topological polar surface area (TPSA) is 17.0 Å². The van der Waals surface area contributed by atoms with Crippen LogP contribution in [-0.4, -0.2) is 15.3 Å². The molecule has 1 aromatic carbocycles. The predicted molar refractivity (Wildman–Crippen MR) is 72.7 cm³/mol. The minimum absolute atomic E-state index is 0.827. The number of rotatable bonds is 0. The van der Waals surface area contributed by atoms with E-state index in [0.29, 0.717) is 0 Å². The summed E-state index contributed by atoms with van der Waals surface area (Å²) in [5.41, 5.74) is 2.22. The summed E-state index contributed by atoms with van der Waals surface area (Å²) in [7, 11) is 0. The summed E-state index contributed by atoms with van der Waals surface area (Å²) >= 11 is 7.05. The summed E-state index contributed by atoms with van der Waals surface area (Å²) in [6.07, 6.45) is 2.08. The fourth-order valence-corrected chi connectivity index (χ4v) is 2.91. The van der Waals surface area contributed by atoms with Crippen molar-refractivity contribution in [3.63, 3.8) is 0 Å². The summed E-state index contributed by atoms with van der Waals surface area (Å²) < 4.78 is 2.19. The summed E-state index contributed by atoms with van der Waals surface area (Å²) in [4.78, 5) is 0.880. The van der Waals surface area contributed by atoms with Crippen LogP contribution in [-0.2, 0) is 0 Å². The number of thioether (sulfide) groups is 1. The van der Waals surface area contributed by atoms with Crippen molar-refractivity contribution in [2.75, 3.05) is 11.1 Å². The average molecular weight is 246 g/mol. The van der Waals surface area contributed by atoms with Crippen molar-refractivity contribution >= 4 is 34.7 Å². The molecule has 2 heterocycles. The van der Waals surface area contributed by atoms with Crippen molar-refractivity contribution in [1.29, 1.82) is 0 Å². The van der Waals surface area contributed by atoms with E-state index >= 15 is 0 Å². The normalized spacial score (nSPS) is 14.4. The predicted octanol–water partition coefficient (Wildman–Crippen LogP) is 3.32. The van der Waals surface area contributed by atoms with Gasteiger partial charge in [-0.25, -0.2) is 0 Å². The smallest absolute Gasteiger partial charge is 0.0902 e. The molecular weight excluding hydrogens is 236 g/mol. The number of nitrogens with zero attached hydrogens (tertiary/aromatic N) is 1. The second-order valence-corrected chi connectivity index (χ2v) is 5.06. The number of aromatic nitrogens is 1. The van der Waals surface area contributed by atoms with E-state index in [1.54, 1.807) is 11.8 Å². The van der Waals surface area contributed by atoms with Gasteiger partial charge in [-0.15, -0.1) is 11.8 Å². The van der Waals surface area contributed by atoms with Crippen LogP contribution in [0.15, 0.2) is 47.6 Å². The van der Waals surface area contributed by atoms with Crippen LogP contribution in [0.25, 0.3) is 5.69 Å². The molecule has 0 bridgehead atoms. The minimum Gasteiger partial charge on any atom is -0.348 e. The van der Waals surface area contributed by atoms with E-state index in [1.165, 1.54) is 5.03 Å². The lowest BCUT2D eigenvalue weighted by Crippen LogP contribution is -2.16.